The average molecular weight is 366 g/mol. The second kappa shape index (κ2) is 9.07. The van der Waals surface area contributed by atoms with Gasteiger partial charge in [0.1, 0.15) is 0 Å². The zero-order chi connectivity index (χ0) is 18.5. The highest BCUT2D eigenvalue weighted by Gasteiger charge is 2.39. The topological polar surface area (TPSA) is 79.5 Å². The van der Waals surface area contributed by atoms with Gasteiger partial charge in [-0.15, -0.1) is 0 Å². The van der Waals surface area contributed by atoms with Crippen LogP contribution in [0.15, 0.2) is 0 Å². The molecular weight excluding hydrogens is 330 g/mol. The number of carbonyl (C=O) groups is 2. The van der Waals surface area contributed by atoms with Gasteiger partial charge in [0.15, 0.2) is 0 Å². The Kier molecular flexibility index (Phi) is 6.79. The van der Waals surface area contributed by atoms with Crippen LogP contribution in [0.1, 0.15) is 64.7 Å². The molecule has 1 saturated carbocycles. The Labute approximate surface area is 157 Å². The van der Waals surface area contributed by atoms with Crippen molar-refractivity contribution in [2.75, 3.05) is 13.7 Å². The van der Waals surface area contributed by atoms with Gasteiger partial charge in [0.05, 0.1) is 7.11 Å². The van der Waals surface area contributed by atoms with E-state index in [1.165, 1.54) is 32.8 Å². The predicted octanol–water partition coefficient (Wildman–Crippen LogP) is 2.57. The number of ether oxygens (including phenoxy) is 1. The quantitative estimate of drug-likeness (QED) is 0.667. The molecule has 3 rings (SSSR count). The lowest BCUT2D eigenvalue weighted by Gasteiger charge is -2.44. The third kappa shape index (κ3) is 4.90. The van der Waals surface area contributed by atoms with E-state index in [1.807, 2.05) is 6.92 Å². The second-order valence-electron chi connectivity index (χ2n) is 8.55. The summed E-state index contributed by atoms with van der Waals surface area (Å²) in [4.78, 5) is 24.3. The minimum absolute atomic E-state index is 0.0665. The summed E-state index contributed by atoms with van der Waals surface area (Å²) in [5.41, 5.74) is 0. The molecule has 1 aliphatic carbocycles. The molecule has 3 N–H and O–H groups in total. The second-order valence-corrected chi connectivity index (χ2v) is 8.55. The van der Waals surface area contributed by atoms with Crippen LogP contribution in [0.25, 0.3) is 0 Å². The zero-order valence-electron chi connectivity index (χ0n) is 16.3. The van der Waals surface area contributed by atoms with Crippen LogP contribution in [0.4, 0.5) is 4.79 Å². The molecule has 2 amide bonds. The maximum Gasteiger partial charge on any atom is 0.407 e. The smallest absolute Gasteiger partial charge is 0.407 e. The standard InChI is InChI=1S/C20H35N3O3/c1-13-5-3-4-6-15-11-14(9-10-21-15)17-8-7-16(22-20(25)26-2)12-18(17)23-19(13)24/h13-18,21H,3-12H2,1-2H3,(H,22,25)(H,23,24). The molecule has 2 bridgehead atoms. The summed E-state index contributed by atoms with van der Waals surface area (Å²) in [7, 11) is 1.40. The van der Waals surface area contributed by atoms with Gasteiger partial charge in [-0.2, -0.15) is 0 Å². The number of carbonyl (C=O) groups excluding carboxylic acids is 2. The molecule has 0 aromatic carbocycles. The maximum atomic E-state index is 12.7. The van der Waals surface area contributed by atoms with Crippen molar-refractivity contribution < 1.29 is 14.3 Å². The van der Waals surface area contributed by atoms with Crippen molar-refractivity contribution in [2.24, 2.45) is 17.8 Å². The highest BCUT2D eigenvalue weighted by Crippen LogP contribution is 2.37. The summed E-state index contributed by atoms with van der Waals surface area (Å²) in [5.74, 6) is 1.44. The van der Waals surface area contributed by atoms with E-state index in [2.05, 4.69) is 16.0 Å². The molecular formula is C20H35N3O3. The van der Waals surface area contributed by atoms with Crippen LogP contribution >= 0.6 is 0 Å². The number of fused-ring (bicyclic) bond motifs is 4. The Morgan fingerprint density at radius 1 is 1.12 bits per heavy atom. The Morgan fingerprint density at radius 3 is 2.73 bits per heavy atom. The van der Waals surface area contributed by atoms with Gasteiger partial charge >= 0.3 is 6.09 Å². The Morgan fingerprint density at radius 2 is 1.92 bits per heavy atom. The number of amides is 2. The lowest BCUT2D eigenvalue weighted by molar-refractivity contribution is -0.126. The Bertz CT molecular complexity index is 499. The van der Waals surface area contributed by atoms with Crippen LogP contribution in [0, 0.1) is 17.8 Å². The molecule has 26 heavy (non-hydrogen) atoms. The van der Waals surface area contributed by atoms with Gasteiger partial charge in [-0.25, -0.2) is 4.79 Å². The maximum absolute atomic E-state index is 12.7. The number of rotatable bonds is 1. The fourth-order valence-corrected chi connectivity index (χ4v) is 5.23. The van der Waals surface area contributed by atoms with Crippen molar-refractivity contribution in [3.8, 4) is 0 Å². The summed E-state index contributed by atoms with van der Waals surface area (Å²) >= 11 is 0. The third-order valence-corrected chi connectivity index (χ3v) is 6.77. The minimum Gasteiger partial charge on any atom is -0.453 e. The number of nitrogens with one attached hydrogen (secondary N) is 3. The first kappa shape index (κ1) is 19.5. The molecule has 6 atom stereocenters. The molecule has 0 aromatic heterocycles. The highest BCUT2D eigenvalue weighted by molar-refractivity contribution is 5.78. The minimum atomic E-state index is -0.372. The molecule has 6 heteroatoms. The Hall–Kier alpha value is -1.30. The third-order valence-electron chi connectivity index (χ3n) is 6.77. The molecule has 0 spiro atoms. The van der Waals surface area contributed by atoms with Gasteiger partial charge in [-0.3, -0.25) is 4.79 Å². The molecule has 148 valence electrons. The van der Waals surface area contributed by atoms with E-state index in [1.54, 1.807) is 0 Å². The SMILES string of the molecule is COC(=O)NC1CCC2C3CCNC(CCCCC(C)C(=O)NC2C1)C3. The van der Waals surface area contributed by atoms with Crippen LogP contribution < -0.4 is 16.0 Å². The number of hydrogen-bond acceptors (Lipinski definition) is 4. The molecule has 2 saturated heterocycles. The van der Waals surface area contributed by atoms with Crippen molar-refractivity contribution in [1.82, 2.24) is 16.0 Å². The highest BCUT2D eigenvalue weighted by atomic mass is 16.5. The first-order valence-electron chi connectivity index (χ1n) is 10.4. The van der Waals surface area contributed by atoms with Crippen molar-refractivity contribution in [2.45, 2.75) is 82.8 Å². The number of piperidine rings is 1. The summed E-state index contributed by atoms with van der Waals surface area (Å²) < 4.78 is 4.76. The summed E-state index contributed by atoms with van der Waals surface area (Å²) in [5, 5.41) is 10.0. The molecule has 0 aromatic rings. The first-order valence-corrected chi connectivity index (χ1v) is 10.4. The number of alkyl carbamates (subject to hydrolysis) is 1. The molecule has 2 heterocycles. The summed E-state index contributed by atoms with van der Waals surface area (Å²) in [6, 6.07) is 0.875. The van der Waals surface area contributed by atoms with Crippen LogP contribution in [-0.2, 0) is 9.53 Å². The Balaban J connectivity index is 1.73. The molecule has 3 fully saturated rings. The molecule has 6 nitrogen and oxygen atoms in total. The molecule has 2 aliphatic heterocycles. The van der Waals surface area contributed by atoms with Crippen molar-refractivity contribution in [3.63, 3.8) is 0 Å². The van der Waals surface area contributed by atoms with Crippen molar-refractivity contribution >= 4 is 12.0 Å². The van der Waals surface area contributed by atoms with Gasteiger partial charge < -0.3 is 20.7 Å². The molecule has 0 radical (unpaired) electrons. The lowest BCUT2D eigenvalue weighted by Crippen LogP contribution is -2.54. The van der Waals surface area contributed by atoms with Crippen LogP contribution in [0.3, 0.4) is 0 Å². The van der Waals surface area contributed by atoms with Crippen LogP contribution in [0.2, 0.25) is 0 Å². The largest absolute Gasteiger partial charge is 0.453 e. The van der Waals surface area contributed by atoms with E-state index in [0.717, 1.165) is 38.6 Å². The van der Waals surface area contributed by atoms with Crippen molar-refractivity contribution in [1.29, 1.82) is 0 Å². The normalized spacial score (nSPS) is 38.8. The van der Waals surface area contributed by atoms with Gasteiger partial charge in [-0.1, -0.05) is 19.8 Å². The molecule has 6 unspecified atom stereocenters. The average Bonchev–Trinajstić information content (AvgIpc) is 2.64. The van der Waals surface area contributed by atoms with E-state index in [0.29, 0.717) is 17.9 Å². The lowest BCUT2D eigenvalue weighted by atomic mass is 9.70. The summed E-state index contributed by atoms with van der Waals surface area (Å²) in [6.07, 6.45) is 9.41. The van der Waals surface area contributed by atoms with E-state index < -0.39 is 0 Å². The van der Waals surface area contributed by atoms with Crippen LogP contribution in [-0.4, -0.2) is 43.8 Å². The molecule has 3 aliphatic rings. The van der Waals surface area contributed by atoms with E-state index in [4.69, 9.17) is 4.74 Å². The monoisotopic (exact) mass is 365 g/mol. The number of hydrogen-bond donors (Lipinski definition) is 3. The summed E-state index contributed by atoms with van der Waals surface area (Å²) in [6.45, 7) is 3.13. The van der Waals surface area contributed by atoms with Gasteiger partial charge in [0, 0.05) is 24.0 Å². The van der Waals surface area contributed by atoms with E-state index in [9.17, 15) is 9.59 Å². The fourth-order valence-electron chi connectivity index (χ4n) is 5.23. The van der Waals surface area contributed by atoms with E-state index >= 15 is 0 Å². The van der Waals surface area contributed by atoms with Gasteiger partial charge in [0.2, 0.25) is 5.91 Å². The predicted molar refractivity (Wildman–Crippen MR) is 101 cm³/mol. The van der Waals surface area contributed by atoms with E-state index in [-0.39, 0.29) is 30.0 Å². The van der Waals surface area contributed by atoms with Crippen LogP contribution in [0.5, 0.6) is 0 Å². The fraction of sp³-hybridized carbons (Fsp3) is 0.900. The first-order chi connectivity index (χ1) is 12.6. The number of methoxy groups -OCH3 is 1. The van der Waals surface area contributed by atoms with Gasteiger partial charge in [-0.05, 0) is 63.3 Å². The van der Waals surface area contributed by atoms with Gasteiger partial charge in [0.25, 0.3) is 0 Å². The van der Waals surface area contributed by atoms with Crippen molar-refractivity contribution in [3.05, 3.63) is 0 Å². The zero-order valence-corrected chi connectivity index (χ0v) is 16.3.